The SMILES string of the molecule is CNC(=O)c1ccc(-n2nc(-c3ccc(NC(C)(C)C)nc3)c3c2-c2sc(NC(C)=O)nc2CC3)c(Cl)c1. The number of nitrogens with one attached hydrogen (secondary N) is 3. The van der Waals surface area contributed by atoms with E-state index in [0.717, 1.165) is 51.7 Å². The van der Waals surface area contributed by atoms with Gasteiger partial charge in [-0.05, 0) is 63.9 Å². The normalized spacial score (nSPS) is 12.5. The third-order valence-electron chi connectivity index (χ3n) is 6.00. The molecule has 11 heteroatoms. The molecule has 9 nitrogen and oxygen atoms in total. The van der Waals surface area contributed by atoms with E-state index in [9.17, 15) is 9.59 Å². The van der Waals surface area contributed by atoms with Crippen LogP contribution in [0, 0.1) is 0 Å². The number of fused-ring (bicyclic) bond motifs is 3. The minimum atomic E-state index is -0.221. The van der Waals surface area contributed by atoms with E-state index in [1.165, 1.54) is 18.3 Å². The van der Waals surface area contributed by atoms with Gasteiger partial charge in [-0.2, -0.15) is 5.10 Å². The van der Waals surface area contributed by atoms with E-state index >= 15 is 0 Å². The van der Waals surface area contributed by atoms with E-state index < -0.39 is 0 Å². The number of aromatic nitrogens is 4. The van der Waals surface area contributed by atoms with Gasteiger partial charge in [0, 0.05) is 42.4 Å². The zero-order chi connectivity index (χ0) is 27.2. The summed E-state index contributed by atoms with van der Waals surface area (Å²) in [5, 5.41) is 14.8. The Bertz CT molecular complexity index is 1550. The Hall–Kier alpha value is -3.76. The van der Waals surface area contributed by atoms with Crippen molar-refractivity contribution >= 4 is 45.7 Å². The molecule has 0 radical (unpaired) electrons. The molecule has 1 aliphatic carbocycles. The van der Waals surface area contributed by atoms with E-state index in [-0.39, 0.29) is 17.4 Å². The van der Waals surface area contributed by atoms with Crippen molar-refractivity contribution in [1.29, 1.82) is 0 Å². The summed E-state index contributed by atoms with van der Waals surface area (Å²) < 4.78 is 1.82. The number of pyridine rings is 1. The maximum absolute atomic E-state index is 12.2. The predicted molar refractivity (Wildman–Crippen MR) is 151 cm³/mol. The molecule has 5 rings (SSSR count). The number of hydrogen-bond acceptors (Lipinski definition) is 7. The summed E-state index contributed by atoms with van der Waals surface area (Å²) in [6, 6.07) is 9.11. The first-order valence-corrected chi connectivity index (χ1v) is 13.4. The lowest BCUT2D eigenvalue weighted by Gasteiger charge is -2.21. The molecule has 3 aromatic heterocycles. The highest BCUT2D eigenvalue weighted by atomic mass is 35.5. The first-order chi connectivity index (χ1) is 18.0. The fourth-order valence-electron chi connectivity index (χ4n) is 4.44. The summed E-state index contributed by atoms with van der Waals surface area (Å²) in [7, 11) is 1.58. The van der Waals surface area contributed by atoms with Gasteiger partial charge in [0.1, 0.15) is 5.82 Å². The molecule has 2 amide bonds. The largest absolute Gasteiger partial charge is 0.365 e. The molecule has 3 N–H and O–H groups in total. The van der Waals surface area contributed by atoms with Gasteiger partial charge in [-0.15, -0.1) is 0 Å². The highest BCUT2D eigenvalue weighted by molar-refractivity contribution is 7.19. The Balaban J connectivity index is 1.66. The van der Waals surface area contributed by atoms with E-state index in [2.05, 4.69) is 46.7 Å². The van der Waals surface area contributed by atoms with Crippen molar-refractivity contribution in [2.75, 3.05) is 17.7 Å². The fourth-order valence-corrected chi connectivity index (χ4v) is 5.81. The van der Waals surface area contributed by atoms with Gasteiger partial charge in [0.05, 0.1) is 32.7 Å². The molecule has 4 aromatic rings. The second-order valence-corrected chi connectivity index (χ2v) is 11.5. The third kappa shape index (κ3) is 5.01. The Morgan fingerprint density at radius 2 is 1.92 bits per heavy atom. The molecule has 0 bridgehead atoms. The van der Waals surface area contributed by atoms with Crippen LogP contribution in [-0.2, 0) is 17.6 Å². The highest BCUT2D eigenvalue weighted by Crippen LogP contribution is 2.44. The van der Waals surface area contributed by atoms with Crippen molar-refractivity contribution < 1.29 is 9.59 Å². The predicted octanol–water partition coefficient (Wildman–Crippen LogP) is 5.34. The molecule has 196 valence electrons. The van der Waals surface area contributed by atoms with E-state index in [1.807, 2.05) is 23.0 Å². The van der Waals surface area contributed by atoms with Crippen molar-refractivity contribution in [2.45, 2.75) is 46.1 Å². The number of carbonyl (C=O) groups excluding carboxylic acids is 2. The van der Waals surface area contributed by atoms with Crippen molar-refractivity contribution in [3.8, 4) is 27.5 Å². The first-order valence-electron chi connectivity index (χ1n) is 12.2. The summed E-state index contributed by atoms with van der Waals surface area (Å²) in [6.07, 6.45) is 3.26. The number of halogens is 1. The maximum Gasteiger partial charge on any atom is 0.251 e. The van der Waals surface area contributed by atoms with Crippen molar-refractivity contribution in [1.82, 2.24) is 25.1 Å². The smallest absolute Gasteiger partial charge is 0.251 e. The monoisotopic (exact) mass is 549 g/mol. The molecule has 0 aliphatic heterocycles. The number of nitrogens with zero attached hydrogens (tertiary/aromatic N) is 4. The quantitative estimate of drug-likeness (QED) is 0.310. The second-order valence-electron chi connectivity index (χ2n) is 10.1. The molecular formula is C27H28ClN7O2S. The van der Waals surface area contributed by atoms with Crippen LogP contribution >= 0.6 is 22.9 Å². The van der Waals surface area contributed by atoms with Gasteiger partial charge >= 0.3 is 0 Å². The van der Waals surface area contributed by atoms with Gasteiger partial charge in [-0.25, -0.2) is 14.6 Å². The Labute approximate surface area is 229 Å². The standard InChI is InChI=1S/C27H28ClN7O2S/c1-14(36)31-26-32-19-9-8-17-22(16-7-11-21(30-13-16)33-27(2,3)4)34-35(23(17)24(19)38-26)20-10-6-15(12-18(20)28)25(37)29-5/h6-7,10-13H,8-9H2,1-5H3,(H,29,37)(H,30,33)(H,31,32,36). The number of thiazole rings is 1. The molecule has 1 aliphatic rings. The van der Waals surface area contributed by atoms with E-state index in [1.54, 1.807) is 25.2 Å². The molecule has 0 unspecified atom stereocenters. The summed E-state index contributed by atoms with van der Waals surface area (Å²) in [5.41, 5.74) is 5.51. The molecule has 0 spiro atoms. The lowest BCUT2D eigenvalue weighted by Crippen LogP contribution is -2.26. The van der Waals surface area contributed by atoms with Gasteiger partial charge in [0.25, 0.3) is 5.91 Å². The van der Waals surface area contributed by atoms with E-state index in [0.29, 0.717) is 21.4 Å². The summed E-state index contributed by atoms with van der Waals surface area (Å²) in [4.78, 5) is 34.1. The lowest BCUT2D eigenvalue weighted by molar-refractivity contribution is -0.114. The third-order valence-corrected chi connectivity index (χ3v) is 7.32. The number of hydrogen-bond donors (Lipinski definition) is 3. The Morgan fingerprint density at radius 1 is 1.13 bits per heavy atom. The van der Waals surface area contributed by atoms with Gasteiger partial charge in [0.15, 0.2) is 5.13 Å². The van der Waals surface area contributed by atoms with Crippen LogP contribution in [0.5, 0.6) is 0 Å². The molecule has 0 saturated carbocycles. The summed E-state index contributed by atoms with van der Waals surface area (Å²) in [5.74, 6) is 0.391. The minimum Gasteiger partial charge on any atom is -0.365 e. The minimum absolute atomic E-state index is 0.110. The van der Waals surface area contributed by atoms with Crippen molar-refractivity contribution in [3.63, 3.8) is 0 Å². The van der Waals surface area contributed by atoms with Gasteiger partial charge < -0.3 is 16.0 Å². The van der Waals surface area contributed by atoms with Crippen LogP contribution in [0.25, 0.3) is 27.5 Å². The molecule has 3 heterocycles. The summed E-state index contributed by atoms with van der Waals surface area (Å²) >= 11 is 8.13. The number of anilines is 2. The number of amides is 2. The van der Waals surface area contributed by atoms with Crippen LogP contribution in [0.3, 0.4) is 0 Å². The van der Waals surface area contributed by atoms with Crippen molar-refractivity contribution in [2.24, 2.45) is 0 Å². The van der Waals surface area contributed by atoms with Crippen LogP contribution in [-0.4, -0.2) is 44.1 Å². The topological polar surface area (TPSA) is 114 Å². The Morgan fingerprint density at radius 3 is 2.55 bits per heavy atom. The number of carbonyl (C=O) groups is 2. The molecule has 38 heavy (non-hydrogen) atoms. The average molecular weight is 550 g/mol. The Kier molecular flexibility index (Phi) is 6.70. The molecular weight excluding hydrogens is 522 g/mol. The van der Waals surface area contributed by atoms with Crippen LogP contribution in [0.1, 0.15) is 49.3 Å². The van der Waals surface area contributed by atoms with Crippen LogP contribution in [0.15, 0.2) is 36.5 Å². The van der Waals surface area contributed by atoms with Crippen LogP contribution in [0.4, 0.5) is 10.9 Å². The molecule has 1 aromatic carbocycles. The number of aryl methyl sites for hydroxylation is 1. The average Bonchev–Trinajstić information content (AvgIpc) is 3.43. The van der Waals surface area contributed by atoms with Crippen LogP contribution < -0.4 is 16.0 Å². The van der Waals surface area contributed by atoms with E-state index in [4.69, 9.17) is 16.7 Å². The zero-order valence-electron chi connectivity index (χ0n) is 21.8. The highest BCUT2D eigenvalue weighted by Gasteiger charge is 2.30. The molecule has 0 fully saturated rings. The van der Waals surface area contributed by atoms with Gasteiger partial charge in [-0.3, -0.25) is 9.59 Å². The van der Waals surface area contributed by atoms with Gasteiger partial charge in [0.2, 0.25) is 5.91 Å². The molecule has 0 saturated heterocycles. The zero-order valence-corrected chi connectivity index (χ0v) is 23.3. The van der Waals surface area contributed by atoms with Crippen LogP contribution in [0.2, 0.25) is 5.02 Å². The molecule has 0 atom stereocenters. The maximum atomic E-state index is 12.2. The first kappa shape index (κ1) is 25.9. The lowest BCUT2D eigenvalue weighted by atomic mass is 9.95. The number of rotatable bonds is 5. The summed E-state index contributed by atoms with van der Waals surface area (Å²) in [6.45, 7) is 7.72. The second kappa shape index (κ2) is 9.85. The van der Waals surface area contributed by atoms with Crippen molar-refractivity contribution in [3.05, 3.63) is 58.4 Å². The van der Waals surface area contributed by atoms with Gasteiger partial charge in [-0.1, -0.05) is 22.9 Å². The number of benzene rings is 1. The fraction of sp³-hybridized carbons (Fsp3) is 0.296.